The first-order valence-electron chi connectivity index (χ1n) is 16.8. The molecule has 4 fully saturated rings. The Labute approximate surface area is 290 Å². The number of esters is 1. The highest BCUT2D eigenvalue weighted by molar-refractivity contribution is 9.09. The van der Waals surface area contributed by atoms with E-state index in [2.05, 4.69) is 39.3 Å². The van der Waals surface area contributed by atoms with Crippen LogP contribution in [0.5, 0.6) is 0 Å². The van der Waals surface area contributed by atoms with Gasteiger partial charge in [0, 0.05) is 57.1 Å². The highest BCUT2D eigenvalue weighted by Gasteiger charge is 2.76. The summed E-state index contributed by atoms with van der Waals surface area (Å²) in [5.41, 5.74) is -0.491. The highest BCUT2D eigenvalue weighted by Crippen LogP contribution is 2.60. The fraction of sp³-hybridized carbons (Fsp3) is 0.600. The Kier molecular flexibility index (Phi) is 12.5. The number of carbonyl (C=O) groups excluding carboxylic acids is 4. The monoisotopic (exact) mass is 730 g/mol. The Morgan fingerprint density at radius 2 is 1.92 bits per heavy atom. The molecule has 262 valence electrons. The zero-order chi connectivity index (χ0) is 34.3. The van der Waals surface area contributed by atoms with Crippen LogP contribution in [0.2, 0.25) is 0 Å². The second kappa shape index (κ2) is 16.5. The third kappa shape index (κ3) is 7.55. The molecule has 5 rings (SSSR count). The van der Waals surface area contributed by atoms with Crippen LogP contribution in [0.25, 0.3) is 0 Å². The van der Waals surface area contributed by atoms with Crippen molar-refractivity contribution in [2.24, 2.45) is 11.8 Å². The van der Waals surface area contributed by atoms with E-state index in [-0.39, 0.29) is 55.8 Å². The third-order valence-corrected chi connectivity index (χ3v) is 10.7. The zero-order valence-electron chi connectivity index (χ0n) is 27.3. The molecule has 0 aliphatic carbocycles. The Morgan fingerprint density at radius 1 is 1.17 bits per heavy atom. The SMILES string of the molecule is C=CCCC(=O)OC[C@@H](NC(=O)[C@H]1[C@@H]2O[C@@]3(CC2Br)[C@@H]1C(=O)N(CCCO)[C@@H]3C(=O)N(CC=C)CCN1CCOCC1)c1ccccc1. The Bertz CT molecular complexity index is 1330. The van der Waals surface area contributed by atoms with Crippen LogP contribution in [0.3, 0.4) is 0 Å². The molecule has 1 aromatic rings. The number of likely N-dealkylation sites (tertiary alicyclic amines) is 1. The normalized spacial score (nSPS) is 28.5. The largest absolute Gasteiger partial charge is 0.463 e. The van der Waals surface area contributed by atoms with Gasteiger partial charge in [-0.3, -0.25) is 24.1 Å². The van der Waals surface area contributed by atoms with Crippen molar-refractivity contribution in [2.45, 2.75) is 54.3 Å². The lowest BCUT2D eigenvalue weighted by molar-refractivity contribution is -0.148. The molecule has 1 aromatic carbocycles. The molecule has 1 spiro atoms. The molecule has 3 amide bonds. The number of allylic oxidation sites excluding steroid dienone is 1. The molecule has 0 radical (unpaired) electrons. The summed E-state index contributed by atoms with van der Waals surface area (Å²) < 4.78 is 17.7. The van der Waals surface area contributed by atoms with Crippen molar-refractivity contribution in [3.63, 3.8) is 0 Å². The second-order valence-electron chi connectivity index (χ2n) is 12.8. The number of morpholine rings is 1. The summed E-state index contributed by atoms with van der Waals surface area (Å²) in [4.78, 5) is 60.7. The lowest BCUT2D eigenvalue weighted by Crippen LogP contribution is -2.58. The van der Waals surface area contributed by atoms with Crippen molar-refractivity contribution in [3.8, 4) is 0 Å². The van der Waals surface area contributed by atoms with E-state index >= 15 is 0 Å². The molecule has 7 atom stereocenters. The lowest BCUT2D eigenvalue weighted by Gasteiger charge is -2.38. The van der Waals surface area contributed by atoms with E-state index in [1.165, 1.54) is 4.90 Å². The van der Waals surface area contributed by atoms with Crippen LogP contribution in [0, 0.1) is 11.8 Å². The first-order chi connectivity index (χ1) is 23.2. The van der Waals surface area contributed by atoms with Crippen molar-refractivity contribution >= 4 is 39.6 Å². The summed E-state index contributed by atoms with van der Waals surface area (Å²) in [6.45, 7) is 11.6. The average Bonchev–Trinajstić information content (AvgIpc) is 3.69. The summed E-state index contributed by atoms with van der Waals surface area (Å²) in [6.07, 6.45) is 3.96. The number of nitrogens with zero attached hydrogens (tertiary/aromatic N) is 3. The van der Waals surface area contributed by atoms with Crippen molar-refractivity contribution < 1.29 is 38.5 Å². The van der Waals surface area contributed by atoms with E-state index in [1.807, 2.05) is 30.3 Å². The Morgan fingerprint density at radius 3 is 2.60 bits per heavy atom. The van der Waals surface area contributed by atoms with Gasteiger partial charge in [0.2, 0.25) is 17.7 Å². The smallest absolute Gasteiger partial charge is 0.306 e. The Balaban J connectivity index is 1.40. The molecule has 4 saturated heterocycles. The van der Waals surface area contributed by atoms with Crippen LogP contribution in [0.4, 0.5) is 0 Å². The Hall–Kier alpha value is -3.10. The second-order valence-corrected chi connectivity index (χ2v) is 14.0. The molecule has 13 heteroatoms. The van der Waals surface area contributed by atoms with Crippen LogP contribution in [-0.2, 0) is 33.4 Å². The number of hydrogen-bond donors (Lipinski definition) is 2. The third-order valence-electron chi connectivity index (χ3n) is 9.82. The van der Waals surface area contributed by atoms with E-state index in [0.717, 1.165) is 18.7 Å². The first-order valence-corrected chi connectivity index (χ1v) is 17.7. The molecule has 12 nitrogen and oxygen atoms in total. The van der Waals surface area contributed by atoms with Gasteiger partial charge in [-0.1, -0.05) is 58.4 Å². The summed E-state index contributed by atoms with van der Waals surface area (Å²) in [5.74, 6) is -3.20. The fourth-order valence-corrected chi connectivity index (χ4v) is 8.48. The number of halogens is 1. The fourth-order valence-electron chi connectivity index (χ4n) is 7.54. The van der Waals surface area contributed by atoms with Gasteiger partial charge in [0.25, 0.3) is 0 Å². The molecular formula is C35H47BrN4O8. The van der Waals surface area contributed by atoms with Gasteiger partial charge in [0.05, 0.1) is 37.2 Å². The molecule has 4 aliphatic rings. The minimum Gasteiger partial charge on any atom is -0.463 e. The minimum atomic E-state index is -1.23. The van der Waals surface area contributed by atoms with Crippen molar-refractivity contribution in [1.29, 1.82) is 0 Å². The molecule has 1 unspecified atom stereocenters. The number of aliphatic hydroxyl groups excluding tert-OH is 1. The number of nitrogens with one attached hydrogen (secondary N) is 1. The first kappa shape index (κ1) is 36.2. The van der Waals surface area contributed by atoms with E-state index < -0.39 is 47.5 Å². The number of aliphatic hydroxyl groups is 1. The van der Waals surface area contributed by atoms with Crippen LogP contribution >= 0.6 is 15.9 Å². The van der Waals surface area contributed by atoms with E-state index in [1.54, 1.807) is 17.1 Å². The van der Waals surface area contributed by atoms with E-state index in [9.17, 15) is 24.3 Å². The number of benzene rings is 1. The number of alkyl halides is 1. The topological polar surface area (TPSA) is 138 Å². The van der Waals surface area contributed by atoms with Gasteiger partial charge in [-0.15, -0.1) is 13.2 Å². The maximum absolute atomic E-state index is 14.6. The van der Waals surface area contributed by atoms with E-state index in [4.69, 9.17) is 14.2 Å². The van der Waals surface area contributed by atoms with Gasteiger partial charge in [-0.2, -0.15) is 0 Å². The van der Waals surface area contributed by atoms with Gasteiger partial charge in [-0.25, -0.2) is 0 Å². The number of carbonyl (C=O) groups is 4. The lowest BCUT2D eigenvalue weighted by atomic mass is 9.70. The summed E-state index contributed by atoms with van der Waals surface area (Å²) >= 11 is 3.73. The molecule has 0 aromatic heterocycles. The highest BCUT2D eigenvalue weighted by atomic mass is 79.9. The maximum atomic E-state index is 14.6. The number of rotatable bonds is 17. The molecule has 4 aliphatic heterocycles. The van der Waals surface area contributed by atoms with Crippen LogP contribution in [0.1, 0.15) is 37.3 Å². The summed E-state index contributed by atoms with van der Waals surface area (Å²) in [5, 5.41) is 12.8. The standard InChI is InChI=1S/C35H47BrN4O8/c1-3-5-12-27(42)47-23-26(24-10-7-6-8-11-24)37-32(43)28-29-33(44)40(14-9-19-41)31(35(29)22-25(36)30(28)48-35)34(45)39(13-4-2)16-15-38-17-20-46-21-18-38/h3-4,6-8,10-11,25-26,28-31,41H,1-2,5,9,12-23H2,(H,37,43)/t25?,26-,28-,29+,30-,31-,35+/m1/s1. The molecule has 48 heavy (non-hydrogen) atoms. The minimum absolute atomic E-state index is 0.0884. The van der Waals surface area contributed by atoms with Gasteiger partial charge in [0.1, 0.15) is 18.2 Å². The summed E-state index contributed by atoms with van der Waals surface area (Å²) in [6, 6.07) is 7.57. The molecule has 0 saturated carbocycles. The van der Waals surface area contributed by atoms with E-state index in [0.29, 0.717) is 39.1 Å². The number of fused-ring (bicyclic) bond motifs is 1. The van der Waals surface area contributed by atoms with Gasteiger partial charge < -0.3 is 34.4 Å². The van der Waals surface area contributed by atoms with Gasteiger partial charge in [-0.05, 0) is 24.8 Å². The number of amides is 3. The van der Waals surface area contributed by atoms with Crippen molar-refractivity contribution in [1.82, 2.24) is 20.0 Å². The number of hydrogen-bond acceptors (Lipinski definition) is 9. The molecule has 2 N–H and O–H groups in total. The molecule has 4 heterocycles. The summed E-state index contributed by atoms with van der Waals surface area (Å²) in [7, 11) is 0. The van der Waals surface area contributed by atoms with Gasteiger partial charge in [0.15, 0.2) is 0 Å². The van der Waals surface area contributed by atoms with Crippen molar-refractivity contribution in [2.75, 3.05) is 65.7 Å². The maximum Gasteiger partial charge on any atom is 0.306 e. The predicted octanol–water partition coefficient (Wildman–Crippen LogP) is 1.83. The molecular weight excluding hydrogens is 684 g/mol. The van der Waals surface area contributed by atoms with Crippen LogP contribution < -0.4 is 5.32 Å². The number of ether oxygens (including phenoxy) is 3. The average molecular weight is 732 g/mol. The van der Waals surface area contributed by atoms with Crippen LogP contribution in [0.15, 0.2) is 55.6 Å². The predicted molar refractivity (Wildman–Crippen MR) is 181 cm³/mol. The van der Waals surface area contributed by atoms with Gasteiger partial charge >= 0.3 is 5.97 Å². The molecule has 2 bridgehead atoms. The zero-order valence-corrected chi connectivity index (χ0v) is 28.9. The quantitative estimate of drug-likeness (QED) is 0.140. The van der Waals surface area contributed by atoms with Crippen LogP contribution in [-0.4, -0.2) is 132 Å². The van der Waals surface area contributed by atoms with Crippen molar-refractivity contribution in [3.05, 3.63) is 61.2 Å².